The van der Waals surface area contributed by atoms with Gasteiger partial charge in [0.1, 0.15) is 12.4 Å². The average Bonchev–Trinajstić information content (AvgIpc) is 2.39. The molecule has 4 heteroatoms. The first kappa shape index (κ1) is 12.8. The molecule has 0 bridgehead atoms. The van der Waals surface area contributed by atoms with Gasteiger partial charge in [0, 0.05) is 11.0 Å². The number of rotatable bonds is 5. The summed E-state index contributed by atoms with van der Waals surface area (Å²) < 4.78 is 6.64. The number of nitrogen functional groups attached to an aromatic ring is 1. The quantitative estimate of drug-likeness (QED) is 0.656. The van der Waals surface area contributed by atoms with Gasteiger partial charge in [0.15, 0.2) is 0 Å². The van der Waals surface area contributed by atoms with Crippen molar-refractivity contribution in [1.82, 2.24) is 0 Å². The first-order valence-electron chi connectivity index (χ1n) is 5.72. The summed E-state index contributed by atoms with van der Waals surface area (Å²) in [5, 5.41) is 3.24. The van der Waals surface area contributed by atoms with Crippen LogP contribution in [-0.4, -0.2) is 13.2 Å². The molecule has 0 aliphatic rings. The lowest BCUT2D eigenvalue weighted by Crippen LogP contribution is -2.12. The molecule has 0 aromatic heterocycles. The van der Waals surface area contributed by atoms with E-state index in [2.05, 4.69) is 21.2 Å². The first-order valence-corrected chi connectivity index (χ1v) is 6.52. The van der Waals surface area contributed by atoms with Gasteiger partial charge in [-0.25, -0.2) is 0 Å². The molecule has 0 saturated carbocycles. The fourth-order valence-corrected chi connectivity index (χ4v) is 1.81. The lowest BCUT2D eigenvalue weighted by molar-refractivity contribution is 0.333. The van der Waals surface area contributed by atoms with Crippen LogP contribution < -0.4 is 15.8 Å². The van der Waals surface area contributed by atoms with Crippen molar-refractivity contribution in [1.29, 1.82) is 0 Å². The molecule has 0 spiro atoms. The Morgan fingerprint density at radius 1 is 1.06 bits per heavy atom. The van der Waals surface area contributed by atoms with Gasteiger partial charge in [0.25, 0.3) is 0 Å². The van der Waals surface area contributed by atoms with E-state index in [4.69, 9.17) is 10.5 Å². The van der Waals surface area contributed by atoms with Crippen molar-refractivity contribution in [3.05, 3.63) is 53.0 Å². The third-order valence-corrected chi connectivity index (χ3v) is 2.99. The molecule has 0 aliphatic heterocycles. The van der Waals surface area contributed by atoms with E-state index in [0.717, 1.165) is 21.6 Å². The summed E-state index contributed by atoms with van der Waals surface area (Å²) in [4.78, 5) is 0. The predicted octanol–water partition coefficient (Wildman–Crippen LogP) is 3.52. The van der Waals surface area contributed by atoms with Crippen LogP contribution in [0.3, 0.4) is 0 Å². The molecule has 0 amide bonds. The molecule has 0 saturated heterocycles. The van der Waals surface area contributed by atoms with Crippen molar-refractivity contribution in [3.8, 4) is 5.75 Å². The maximum atomic E-state index is 5.82. The topological polar surface area (TPSA) is 47.3 Å². The minimum atomic E-state index is 0.593. The Bertz CT molecular complexity index is 499. The van der Waals surface area contributed by atoms with Crippen LogP contribution in [-0.2, 0) is 0 Å². The lowest BCUT2D eigenvalue weighted by Gasteiger charge is -2.10. The van der Waals surface area contributed by atoms with Crippen molar-refractivity contribution in [3.63, 3.8) is 0 Å². The molecule has 94 valence electrons. The molecule has 2 aromatic carbocycles. The second-order valence-electron chi connectivity index (χ2n) is 3.82. The summed E-state index contributed by atoms with van der Waals surface area (Å²) in [6.07, 6.45) is 0. The number of benzene rings is 2. The number of para-hydroxylation sites is 2. The Kier molecular flexibility index (Phi) is 4.47. The Labute approximate surface area is 115 Å². The maximum Gasteiger partial charge on any atom is 0.119 e. The van der Waals surface area contributed by atoms with Gasteiger partial charge in [0.2, 0.25) is 0 Å². The molecular formula is C14H15BrN2O. The zero-order valence-corrected chi connectivity index (χ0v) is 11.5. The molecule has 0 fully saturated rings. The molecule has 2 aromatic rings. The van der Waals surface area contributed by atoms with Gasteiger partial charge >= 0.3 is 0 Å². The SMILES string of the molecule is Nc1ccccc1NCCOc1ccc(Br)cc1. The molecular weight excluding hydrogens is 292 g/mol. The molecule has 3 N–H and O–H groups in total. The highest BCUT2D eigenvalue weighted by atomic mass is 79.9. The minimum absolute atomic E-state index is 0.593. The number of nitrogens with one attached hydrogen (secondary N) is 1. The Morgan fingerprint density at radius 3 is 2.50 bits per heavy atom. The molecule has 0 aliphatic carbocycles. The van der Waals surface area contributed by atoms with Gasteiger partial charge in [-0.2, -0.15) is 0 Å². The van der Waals surface area contributed by atoms with E-state index >= 15 is 0 Å². The Hall–Kier alpha value is -1.68. The zero-order chi connectivity index (χ0) is 12.8. The number of hydrogen-bond acceptors (Lipinski definition) is 3. The van der Waals surface area contributed by atoms with Crippen LogP contribution in [0, 0.1) is 0 Å². The lowest BCUT2D eigenvalue weighted by atomic mass is 10.3. The van der Waals surface area contributed by atoms with Crippen molar-refractivity contribution >= 4 is 27.3 Å². The summed E-state index contributed by atoms with van der Waals surface area (Å²) >= 11 is 3.38. The molecule has 3 nitrogen and oxygen atoms in total. The van der Waals surface area contributed by atoms with Gasteiger partial charge in [-0.05, 0) is 36.4 Å². The number of hydrogen-bond donors (Lipinski definition) is 2. The fourth-order valence-electron chi connectivity index (χ4n) is 1.54. The van der Waals surface area contributed by atoms with Crippen molar-refractivity contribution in [2.45, 2.75) is 0 Å². The first-order chi connectivity index (χ1) is 8.75. The van der Waals surface area contributed by atoms with Gasteiger partial charge in [-0.15, -0.1) is 0 Å². The standard InChI is InChI=1S/C14H15BrN2O/c15-11-5-7-12(8-6-11)18-10-9-17-14-4-2-1-3-13(14)16/h1-8,17H,9-10,16H2. The highest BCUT2D eigenvalue weighted by molar-refractivity contribution is 9.10. The van der Waals surface area contributed by atoms with Crippen LogP contribution >= 0.6 is 15.9 Å². The number of halogens is 1. The fraction of sp³-hybridized carbons (Fsp3) is 0.143. The van der Waals surface area contributed by atoms with Crippen molar-refractivity contribution in [2.24, 2.45) is 0 Å². The van der Waals surface area contributed by atoms with Crippen LogP contribution in [0.4, 0.5) is 11.4 Å². The third-order valence-electron chi connectivity index (χ3n) is 2.46. The van der Waals surface area contributed by atoms with Crippen LogP contribution in [0.5, 0.6) is 5.75 Å². The van der Waals surface area contributed by atoms with E-state index in [1.807, 2.05) is 48.5 Å². The highest BCUT2D eigenvalue weighted by Gasteiger charge is 1.97. The van der Waals surface area contributed by atoms with Crippen molar-refractivity contribution < 1.29 is 4.74 Å². The maximum absolute atomic E-state index is 5.82. The summed E-state index contributed by atoms with van der Waals surface area (Å²) in [5.74, 6) is 0.862. The monoisotopic (exact) mass is 306 g/mol. The van der Waals surface area contributed by atoms with Crippen LogP contribution in [0.25, 0.3) is 0 Å². The van der Waals surface area contributed by atoms with E-state index in [-0.39, 0.29) is 0 Å². The molecule has 0 unspecified atom stereocenters. The molecule has 2 rings (SSSR count). The van der Waals surface area contributed by atoms with E-state index in [1.54, 1.807) is 0 Å². The number of anilines is 2. The molecule has 18 heavy (non-hydrogen) atoms. The second kappa shape index (κ2) is 6.31. The summed E-state index contributed by atoms with van der Waals surface area (Å²) in [6, 6.07) is 15.5. The van der Waals surface area contributed by atoms with Crippen LogP contribution in [0.1, 0.15) is 0 Å². The molecule has 0 atom stereocenters. The van der Waals surface area contributed by atoms with Gasteiger partial charge in [-0.1, -0.05) is 28.1 Å². The van der Waals surface area contributed by atoms with Crippen LogP contribution in [0.15, 0.2) is 53.0 Å². The smallest absolute Gasteiger partial charge is 0.119 e. The second-order valence-corrected chi connectivity index (χ2v) is 4.73. The summed E-state index contributed by atoms with van der Waals surface area (Å²) in [6.45, 7) is 1.31. The van der Waals surface area contributed by atoms with E-state index < -0.39 is 0 Å². The summed E-state index contributed by atoms with van der Waals surface area (Å²) in [5.41, 5.74) is 7.51. The number of nitrogens with two attached hydrogens (primary N) is 1. The normalized spacial score (nSPS) is 10.1. The van der Waals surface area contributed by atoms with Gasteiger partial charge in [0.05, 0.1) is 11.4 Å². The summed E-state index contributed by atoms with van der Waals surface area (Å²) in [7, 11) is 0. The van der Waals surface area contributed by atoms with Gasteiger partial charge in [-0.3, -0.25) is 0 Å². The Balaban J connectivity index is 1.76. The Morgan fingerprint density at radius 2 is 1.78 bits per heavy atom. The van der Waals surface area contributed by atoms with E-state index in [1.165, 1.54) is 0 Å². The van der Waals surface area contributed by atoms with E-state index in [0.29, 0.717) is 13.2 Å². The molecule has 0 radical (unpaired) electrons. The molecule has 0 heterocycles. The predicted molar refractivity (Wildman–Crippen MR) is 79.0 cm³/mol. The minimum Gasteiger partial charge on any atom is -0.492 e. The highest BCUT2D eigenvalue weighted by Crippen LogP contribution is 2.17. The zero-order valence-electron chi connectivity index (χ0n) is 9.90. The van der Waals surface area contributed by atoms with E-state index in [9.17, 15) is 0 Å². The van der Waals surface area contributed by atoms with Crippen molar-refractivity contribution in [2.75, 3.05) is 24.2 Å². The van der Waals surface area contributed by atoms with Crippen LogP contribution in [0.2, 0.25) is 0 Å². The average molecular weight is 307 g/mol. The largest absolute Gasteiger partial charge is 0.492 e. The third kappa shape index (κ3) is 3.67. The number of ether oxygens (including phenoxy) is 1. The van der Waals surface area contributed by atoms with Gasteiger partial charge < -0.3 is 15.8 Å².